The number of ether oxygens (including phenoxy) is 1. The fraction of sp³-hybridized carbons (Fsp3) is 0.600. The quantitative estimate of drug-likeness (QED) is 0.744. The SMILES string of the molecule is O=C([C@@H]1CCCN1C(=O)CCCCc1ccccc1)N1CCOCC1. The molecule has 0 saturated carbocycles. The molecule has 5 nitrogen and oxygen atoms in total. The van der Waals surface area contributed by atoms with E-state index in [0.29, 0.717) is 32.7 Å². The van der Waals surface area contributed by atoms with E-state index in [9.17, 15) is 9.59 Å². The van der Waals surface area contributed by atoms with Crippen molar-refractivity contribution in [1.82, 2.24) is 9.80 Å². The first-order valence-electron chi connectivity index (χ1n) is 9.45. The lowest BCUT2D eigenvalue weighted by Crippen LogP contribution is -2.51. The number of hydrogen-bond donors (Lipinski definition) is 0. The van der Waals surface area contributed by atoms with Crippen LogP contribution in [0.4, 0.5) is 0 Å². The third kappa shape index (κ3) is 4.82. The molecule has 2 fully saturated rings. The summed E-state index contributed by atoms with van der Waals surface area (Å²) >= 11 is 0. The Kier molecular flexibility index (Phi) is 6.45. The highest BCUT2D eigenvalue weighted by molar-refractivity contribution is 5.88. The molecule has 0 N–H and O–H groups in total. The summed E-state index contributed by atoms with van der Waals surface area (Å²) in [6.07, 6.45) is 5.15. The van der Waals surface area contributed by atoms with Crippen LogP contribution in [-0.4, -0.2) is 60.5 Å². The topological polar surface area (TPSA) is 49.9 Å². The fourth-order valence-electron chi connectivity index (χ4n) is 3.71. The summed E-state index contributed by atoms with van der Waals surface area (Å²) in [6, 6.07) is 10.1. The first-order chi connectivity index (χ1) is 12.3. The first kappa shape index (κ1) is 17.9. The summed E-state index contributed by atoms with van der Waals surface area (Å²) in [5, 5.41) is 0. The maximum absolute atomic E-state index is 12.7. The highest BCUT2D eigenvalue weighted by atomic mass is 16.5. The predicted molar refractivity (Wildman–Crippen MR) is 96.1 cm³/mol. The minimum Gasteiger partial charge on any atom is -0.378 e. The van der Waals surface area contributed by atoms with E-state index in [0.717, 1.165) is 38.6 Å². The third-order valence-corrected chi connectivity index (χ3v) is 5.13. The van der Waals surface area contributed by atoms with E-state index in [1.54, 1.807) is 0 Å². The molecule has 2 amide bonds. The van der Waals surface area contributed by atoms with Gasteiger partial charge in [-0.3, -0.25) is 9.59 Å². The molecule has 25 heavy (non-hydrogen) atoms. The maximum atomic E-state index is 12.7. The van der Waals surface area contributed by atoms with Crippen molar-refractivity contribution >= 4 is 11.8 Å². The molecule has 2 heterocycles. The van der Waals surface area contributed by atoms with Gasteiger partial charge in [0, 0.05) is 26.1 Å². The second-order valence-corrected chi connectivity index (χ2v) is 6.88. The molecular formula is C20H28N2O3. The summed E-state index contributed by atoms with van der Waals surface area (Å²) in [5.74, 6) is 0.246. The van der Waals surface area contributed by atoms with Gasteiger partial charge in [-0.2, -0.15) is 0 Å². The molecular weight excluding hydrogens is 316 g/mol. The molecule has 136 valence electrons. The largest absolute Gasteiger partial charge is 0.378 e. The van der Waals surface area contributed by atoms with E-state index < -0.39 is 0 Å². The Bertz CT molecular complexity index is 570. The van der Waals surface area contributed by atoms with Crippen LogP contribution in [0.25, 0.3) is 0 Å². The second kappa shape index (κ2) is 8.99. The van der Waals surface area contributed by atoms with Crippen molar-refractivity contribution in [2.75, 3.05) is 32.8 Å². The number of likely N-dealkylation sites (tertiary alicyclic amines) is 1. The lowest BCUT2D eigenvalue weighted by molar-refractivity contribution is -0.146. The molecule has 1 aromatic carbocycles. The van der Waals surface area contributed by atoms with Crippen molar-refractivity contribution in [3.05, 3.63) is 35.9 Å². The van der Waals surface area contributed by atoms with Crippen LogP contribution < -0.4 is 0 Å². The lowest BCUT2D eigenvalue weighted by Gasteiger charge is -2.32. The van der Waals surface area contributed by atoms with Gasteiger partial charge in [0.05, 0.1) is 13.2 Å². The number of nitrogens with zero attached hydrogens (tertiary/aromatic N) is 2. The van der Waals surface area contributed by atoms with Crippen molar-refractivity contribution in [2.45, 2.75) is 44.6 Å². The minimum absolute atomic E-state index is 0.110. The Morgan fingerprint density at radius 3 is 2.56 bits per heavy atom. The summed E-state index contributed by atoms with van der Waals surface area (Å²) < 4.78 is 5.31. The number of unbranched alkanes of at least 4 members (excludes halogenated alkanes) is 1. The fourth-order valence-corrected chi connectivity index (χ4v) is 3.71. The van der Waals surface area contributed by atoms with Crippen molar-refractivity contribution in [3.8, 4) is 0 Å². The van der Waals surface area contributed by atoms with Gasteiger partial charge in [0.2, 0.25) is 11.8 Å². The summed E-state index contributed by atoms with van der Waals surface area (Å²) in [6.45, 7) is 3.22. The average molecular weight is 344 g/mol. The van der Waals surface area contributed by atoms with Crippen molar-refractivity contribution < 1.29 is 14.3 Å². The van der Waals surface area contributed by atoms with Crippen LogP contribution in [0.2, 0.25) is 0 Å². The van der Waals surface area contributed by atoms with Gasteiger partial charge >= 0.3 is 0 Å². The van der Waals surface area contributed by atoms with Crippen LogP contribution in [0.1, 0.15) is 37.7 Å². The highest BCUT2D eigenvalue weighted by Gasteiger charge is 2.36. The molecule has 2 aliphatic rings. The molecule has 0 spiro atoms. The van der Waals surface area contributed by atoms with Gasteiger partial charge in [0.1, 0.15) is 6.04 Å². The molecule has 0 aromatic heterocycles. The van der Waals surface area contributed by atoms with Crippen molar-refractivity contribution in [3.63, 3.8) is 0 Å². The smallest absolute Gasteiger partial charge is 0.245 e. The van der Waals surface area contributed by atoms with Crippen LogP contribution >= 0.6 is 0 Å². The molecule has 0 bridgehead atoms. The minimum atomic E-state index is -0.250. The van der Waals surface area contributed by atoms with E-state index in [2.05, 4.69) is 12.1 Å². The number of rotatable bonds is 6. The van der Waals surface area contributed by atoms with Crippen molar-refractivity contribution in [2.24, 2.45) is 0 Å². The van der Waals surface area contributed by atoms with Gasteiger partial charge in [-0.05, 0) is 37.7 Å². The molecule has 0 unspecified atom stereocenters. The second-order valence-electron chi connectivity index (χ2n) is 6.88. The van der Waals surface area contributed by atoms with E-state index >= 15 is 0 Å². The van der Waals surface area contributed by atoms with E-state index in [-0.39, 0.29) is 17.9 Å². The normalized spacial score (nSPS) is 20.7. The Balaban J connectivity index is 1.44. The number of benzene rings is 1. The molecule has 5 heteroatoms. The standard InChI is InChI=1S/C20H28N2O3/c23-19(11-5-4-9-17-7-2-1-3-8-17)22-12-6-10-18(22)20(24)21-13-15-25-16-14-21/h1-3,7-8,18H,4-6,9-16H2/t18-/m0/s1. The number of aryl methyl sites for hydroxylation is 1. The summed E-state index contributed by atoms with van der Waals surface area (Å²) in [7, 11) is 0. The van der Waals surface area contributed by atoms with Crippen LogP contribution in [0.3, 0.4) is 0 Å². The molecule has 1 aromatic rings. The zero-order valence-electron chi connectivity index (χ0n) is 14.9. The van der Waals surface area contributed by atoms with Gasteiger partial charge in [-0.1, -0.05) is 30.3 Å². The Hall–Kier alpha value is -1.88. The zero-order valence-corrected chi connectivity index (χ0v) is 14.9. The average Bonchev–Trinajstić information content (AvgIpc) is 3.16. The van der Waals surface area contributed by atoms with Crippen LogP contribution in [0, 0.1) is 0 Å². The number of carbonyl (C=O) groups excluding carboxylic acids is 2. The number of carbonyl (C=O) groups is 2. The Morgan fingerprint density at radius 2 is 1.80 bits per heavy atom. The first-order valence-corrected chi connectivity index (χ1v) is 9.45. The molecule has 0 radical (unpaired) electrons. The van der Waals surface area contributed by atoms with Gasteiger partial charge in [0.25, 0.3) is 0 Å². The number of hydrogen-bond acceptors (Lipinski definition) is 3. The van der Waals surface area contributed by atoms with E-state index in [1.165, 1.54) is 5.56 Å². The van der Waals surface area contributed by atoms with Crippen LogP contribution in [0.5, 0.6) is 0 Å². The molecule has 2 saturated heterocycles. The highest BCUT2D eigenvalue weighted by Crippen LogP contribution is 2.21. The van der Waals surface area contributed by atoms with Crippen LogP contribution in [0.15, 0.2) is 30.3 Å². The zero-order chi connectivity index (χ0) is 17.5. The van der Waals surface area contributed by atoms with E-state index in [4.69, 9.17) is 4.74 Å². The Morgan fingerprint density at radius 1 is 1.04 bits per heavy atom. The molecule has 1 atom stereocenters. The molecule has 0 aliphatic carbocycles. The van der Waals surface area contributed by atoms with E-state index in [1.807, 2.05) is 28.0 Å². The van der Waals surface area contributed by atoms with Gasteiger partial charge in [-0.25, -0.2) is 0 Å². The van der Waals surface area contributed by atoms with Gasteiger partial charge in [0.15, 0.2) is 0 Å². The number of morpholine rings is 1. The van der Waals surface area contributed by atoms with Gasteiger partial charge < -0.3 is 14.5 Å². The molecule has 3 rings (SSSR count). The summed E-state index contributed by atoms with van der Waals surface area (Å²) in [5.41, 5.74) is 1.32. The van der Waals surface area contributed by atoms with Crippen molar-refractivity contribution in [1.29, 1.82) is 0 Å². The Labute approximate surface area is 149 Å². The molecule has 2 aliphatic heterocycles. The monoisotopic (exact) mass is 344 g/mol. The van der Waals surface area contributed by atoms with Gasteiger partial charge in [-0.15, -0.1) is 0 Å². The summed E-state index contributed by atoms with van der Waals surface area (Å²) in [4.78, 5) is 29.0. The number of amides is 2. The predicted octanol–water partition coefficient (Wildman–Crippen LogP) is 2.25. The lowest BCUT2D eigenvalue weighted by atomic mass is 10.1. The van der Waals surface area contributed by atoms with Crippen LogP contribution in [-0.2, 0) is 20.7 Å². The third-order valence-electron chi connectivity index (χ3n) is 5.13. The maximum Gasteiger partial charge on any atom is 0.245 e.